The molecule has 112 valence electrons. The Morgan fingerprint density at radius 2 is 2.00 bits per heavy atom. The van der Waals surface area contributed by atoms with Gasteiger partial charge in [0.25, 0.3) is 0 Å². The molecule has 0 radical (unpaired) electrons. The fraction of sp³-hybridized carbons (Fsp3) is 0.375. The number of anilines is 1. The Morgan fingerprint density at radius 3 is 2.67 bits per heavy atom. The van der Waals surface area contributed by atoms with Gasteiger partial charge >= 0.3 is 0 Å². The highest BCUT2D eigenvalue weighted by atomic mass is 35.5. The van der Waals surface area contributed by atoms with E-state index in [1.165, 1.54) is 0 Å². The predicted octanol–water partition coefficient (Wildman–Crippen LogP) is 3.57. The molecule has 1 atom stereocenters. The molecule has 0 aliphatic carbocycles. The summed E-state index contributed by atoms with van der Waals surface area (Å²) in [6, 6.07) is 9.08. The summed E-state index contributed by atoms with van der Waals surface area (Å²) in [4.78, 5) is 8.65. The lowest BCUT2D eigenvalue weighted by molar-refractivity contribution is 0.0715. The van der Waals surface area contributed by atoms with Crippen LogP contribution >= 0.6 is 11.6 Å². The van der Waals surface area contributed by atoms with Gasteiger partial charge in [0.1, 0.15) is 17.2 Å². The lowest BCUT2D eigenvalue weighted by Gasteiger charge is -2.25. The minimum atomic E-state index is -1.08. The Morgan fingerprint density at radius 1 is 1.29 bits per heavy atom. The minimum absolute atomic E-state index is 0.260. The van der Waals surface area contributed by atoms with Crippen molar-refractivity contribution < 1.29 is 5.11 Å². The molecule has 1 aromatic carbocycles. The van der Waals surface area contributed by atoms with Crippen LogP contribution < -0.4 is 5.32 Å². The number of aromatic nitrogens is 2. The second kappa shape index (κ2) is 6.41. The number of hydrogen-bond donors (Lipinski definition) is 2. The van der Waals surface area contributed by atoms with E-state index >= 15 is 0 Å². The van der Waals surface area contributed by atoms with Crippen molar-refractivity contribution in [3.8, 4) is 0 Å². The maximum atomic E-state index is 10.6. The van der Waals surface area contributed by atoms with E-state index in [9.17, 15) is 5.11 Å². The van der Waals surface area contributed by atoms with Crippen molar-refractivity contribution in [3.63, 3.8) is 0 Å². The van der Waals surface area contributed by atoms with Crippen LogP contribution in [0.4, 0.5) is 5.82 Å². The van der Waals surface area contributed by atoms with Gasteiger partial charge in [0.2, 0.25) is 0 Å². The molecule has 1 unspecified atom stereocenters. The zero-order chi connectivity index (χ0) is 15.5. The first-order valence-corrected chi connectivity index (χ1v) is 7.32. The van der Waals surface area contributed by atoms with Crippen molar-refractivity contribution in [3.05, 3.63) is 52.9 Å². The normalized spacial score (nSPS) is 14.0. The summed E-state index contributed by atoms with van der Waals surface area (Å²) in [5, 5.41) is 14.3. The third-order valence-corrected chi connectivity index (χ3v) is 3.59. The molecule has 4 nitrogen and oxygen atoms in total. The van der Waals surface area contributed by atoms with Gasteiger partial charge in [-0.3, -0.25) is 0 Å². The lowest BCUT2D eigenvalue weighted by atomic mass is 9.96. The van der Waals surface area contributed by atoms with Crippen LogP contribution in [-0.2, 0) is 5.60 Å². The third kappa shape index (κ3) is 3.93. The van der Waals surface area contributed by atoms with Crippen LogP contribution in [0.5, 0.6) is 0 Å². The predicted molar refractivity (Wildman–Crippen MR) is 85.6 cm³/mol. The highest BCUT2D eigenvalue weighted by molar-refractivity contribution is 6.31. The largest absolute Gasteiger partial charge is 0.384 e. The van der Waals surface area contributed by atoms with Crippen molar-refractivity contribution in [2.24, 2.45) is 0 Å². The molecule has 0 aliphatic rings. The Labute approximate surface area is 130 Å². The monoisotopic (exact) mass is 305 g/mol. The van der Waals surface area contributed by atoms with Gasteiger partial charge in [0, 0.05) is 29.2 Å². The first-order valence-electron chi connectivity index (χ1n) is 6.94. The molecule has 1 aromatic heterocycles. The molecule has 0 spiro atoms. The number of hydrogen-bond acceptors (Lipinski definition) is 4. The van der Waals surface area contributed by atoms with Crippen LogP contribution in [0.1, 0.15) is 38.1 Å². The summed E-state index contributed by atoms with van der Waals surface area (Å²) in [5.74, 6) is 1.73. The highest BCUT2D eigenvalue weighted by Crippen LogP contribution is 2.28. The fourth-order valence-corrected chi connectivity index (χ4v) is 2.35. The van der Waals surface area contributed by atoms with Crippen molar-refractivity contribution >= 4 is 17.4 Å². The van der Waals surface area contributed by atoms with E-state index in [2.05, 4.69) is 15.3 Å². The summed E-state index contributed by atoms with van der Waals surface area (Å²) in [6.07, 6.45) is 1.72. The van der Waals surface area contributed by atoms with Crippen molar-refractivity contribution in [1.82, 2.24) is 9.97 Å². The molecular formula is C16H20ClN3O. The maximum absolute atomic E-state index is 10.6. The van der Waals surface area contributed by atoms with E-state index in [-0.39, 0.29) is 5.92 Å². The molecule has 5 heteroatoms. The zero-order valence-electron chi connectivity index (χ0n) is 12.5. The van der Waals surface area contributed by atoms with Gasteiger partial charge in [0.05, 0.1) is 0 Å². The van der Waals surface area contributed by atoms with Crippen LogP contribution in [0.3, 0.4) is 0 Å². The fourth-order valence-electron chi connectivity index (χ4n) is 2.01. The van der Waals surface area contributed by atoms with Crippen molar-refractivity contribution in [1.29, 1.82) is 0 Å². The average molecular weight is 306 g/mol. The third-order valence-electron chi connectivity index (χ3n) is 3.26. The quantitative estimate of drug-likeness (QED) is 0.886. The van der Waals surface area contributed by atoms with Crippen molar-refractivity contribution in [2.45, 2.75) is 32.3 Å². The van der Waals surface area contributed by atoms with E-state index in [0.717, 1.165) is 5.82 Å². The standard InChI is InChI=1S/C16H20ClN3O/c1-11(2)15-18-9-8-14(20-15)19-10-16(3,21)12-6-4-5-7-13(12)17/h4-9,11,21H,10H2,1-3H3,(H,18,19,20). The van der Waals surface area contributed by atoms with E-state index < -0.39 is 5.60 Å². The molecule has 1 heterocycles. The molecule has 0 amide bonds. The SMILES string of the molecule is CC(C)c1nccc(NCC(C)(O)c2ccccc2Cl)n1. The maximum Gasteiger partial charge on any atom is 0.133 e. The highest BCUT2D eigenvalue weighted by Gasteiger charge is 2.25. The van der Waals surface area contributed by atoms with Gasteiger partial charge in [-0.2, -0.15) is 0 Å². The van der Waals surface area contributed by atoms with E-state index in [1.54, 1.807) is 25.3 Å². The second-order valence-electron chi connectivity index (χ2n) is 5.56. The summed E-state index contributed by atoms with van der Waals surface area (Å²) in [7, 11) is 0. The van der Waals surface area contributed by atoms with Gasteiger partial charge in [-0.1, -0.05) is 43.6 Å². The van der Waals surface area contributed by atoms with Gasteiger partial charge in [-0.15, -0.1) is 0 Å². The van der Waals surface area contributed by atoms with Gasteiger partial charge in [-0.05, 0) is 19.1 Å². The topological polar surface area (TPSA) is 58.0 Å². The summed E-state index contributed by atoms with van der Waals surface area (Å²) < 4.78 is 0. The van der Waals surface area contributed by atoms with Gasteiger partial charge < -0.3 is 10.4 Å². The second-order valence-corrected chi connectivity index (χ2v) is 5.97. The number of nitrogens with one attached hydrogen (secondary N) is 1. The Hall–Kier alpha value is -1.65. The molecule has 2 aromatic rings. The van der Waals surface area contributed by atoms with Crippen LogP contribution in [-0.4, -0.2) is 21.6 Å². The molecule has 0 saturated carbocycles. The van der Waals surface area contributed by atoms with Crippen LogP contribution in [0.15, 0.2) is 36.5 Å². The Kier molecular flexibility index (Phi) is 4.80. The van der Waals surface area contributed by atoms with Crippen LogP contribution in [0, 0.1) is 0 Å². The number of benzene rings is 1. The number of halogens is 1. The molecular weight excluding hydrogens is 286 g/mol. The molecule has 2 N–H and O–H groups in total. The number of nitrogens with zero attached hydrogens (tertiary/aromatic N) is 2. The van der Waals surface area contributed by atoms with Crippen molar-refractivity contribution in [2.75, 3.05) is 11.9 Å². The molecule has 0 aliphatic heterocycles. The zero-order valence-corrected chi connectivity index (χ0v) is 13.2. The van der Waals surface area contributed by atoms with Crippen LogP contribution in [0.2, 0.25) is 5.02 Å². The molecule has 0 saturated heterocycles. The Bertz CT molecular complexity index is 614. The van der Waals surface area contributed by atoms with E-state index in [0.29, 0.717) is 22.9 Å². The molecule has 0 fully saturated rings. The lowest BCUT2D eigenvalue weighted by Crippen LogP contribution is -2.31. The number of aliphatic hydroxyl groups is 1. The molecule has 0 bridgehead atoms. The average Bonchev–Trinajstić information content (AvgIpc) is 2.46. The summed E-state index contributed by atoms with van der Waals surface area (Å²) in [6.45, 7) is 6.12. The smallest absolute Gasteiger partial charge is 0.133 e. The minimum Gasteiger partial charge on any atom is -0.384 e. The van der Waals surface area contributed by atoms with Gasteiger partial charge in [0.15, 0.2) is 0 Å². The summed E-state index contributed by atoms with van der Waals surface area (Å²) >= 11 is 6.14. The first-order chi connectivity index (χ1) is 9.90. The number of rotatable bonds is 5. The molecule has 2 rings (SSSR count). The van der Waals surface area contributed by atoms with Crippen LogP contribution in [0.25, 0.3) is 0 Å². The first kappa shape index (κ1) is 15.7. The van der Waals surface area contributed by atoms with Gasteiger partial charge in [-0.25, -0.2) is 9.97 Å². The van der Waals surface area contributed by atoms with E-state index in [1.807, 2.05) is 32.0 Å². The summed E-state index contributed by atoms with van der Waals surface area (Å²) in [5.41, 5.74) is -0.390. The molecule has 21 heavy (non-hydrogen) atoms. The van der Waals surface area contributed by atoms with E-state index in [4.69, 9.17) is 11.6 Å². The Balaban J connectivity index is 2.12.